The molecule has 0 aliphatic carbocycles. The molecular formula is C16H20O. The van der Waals surface area contributed by atoms with Crippen molar-refractivity contribution in [2.45, 2.75) is 38.7 Å². The number of hydrogen-bond acceptors (Lipinski definition) is 1. The number of aliphatic hydroxyl groups is 1. The highest BCUT2D eigenvalue weighted by Gasteiger charge is 2.22. The molecule has 1 atom stereocenters. The number of fused-ring (bicyclic) bond motifs is 1. The maximum absolute atomic E-state index is 10.5. The van der Waals surface area contributed by atoms with Gasteiger partial charge in [0.2, 0.25) is 0 Å². The summed E-state index contributed by atoms with van der Waals surface area (Å²) in [6, 6.07) is 14.5. The number of unbranched alkanes of at least 4 members (excludes halogenated alkanes) is 1. The van der Waals surface area contributed by atoms with Crippen molar-refractivity contribution >= 4 is 10.8 Å². The van der Waals surface area contributed by atoms with Crippen molar-refractivity contribution in [3.05, 3.63) is 48.0 Å². The van der Waals surface area contributed by atoms with Gasteiger partial charge >= 0.3 is 0 Å². The van der Waals surface area contributed by atoms with Gasteiger partial charge in [0.05, 0.1) is 5.60 Å². The van der Waals surface area contributed by atoms with Gasteiger partial charge in [-0.05, 0) is 35.7 Å². The minimum atomic E-state index is -0.708. The van der Waals surface area contributed by atoms with Crippen LogP contribution in [-0.2, 0) is 5.60 Å². The third kappa shape index (κ3) is 2.67. The van der Waals surface area contributed by atoms with Crippen molar-refractivity contribution in [3.63, 3.8) is 0 Å². The van der Waals surface area contributed by atoms with Gasteiger partial charge in [-0.3, -0.25) is 0 Å². The monoisotopic (exact) mass is 228 g/mol. The Balaban J connectivity index is 2.35. The fraction of sp³-hybridized carbons (Fsp3) is 0.375. The van der Waals surface area contributed by atoms with E-state index in [-0.39, 0.29) is 0 Å². The van der Waals surface area contributed by atoms with E-state index < -0.39 is 5.60 Å². The Labute approximate surface area is 103 Å². The van der Waals surface area contributed by atoms with Crippen LogP contribution in [0.3, 0.4) is 0 Å². The molecule has 0 heterocycles. The Morgan fingerprint density at radius 3 is 2.47 bits per heavy atom. The van der Waals surface area contributed by atoms with Gasteiger partial charge < -0.3 is 5.11 Å². The second-order valence-electron chi connectivity index (χ2n) is 4.94. The first-order chi connectivity index (χ1) is 8.13. The molecule has 0 fully saturated rings. The predicted molar refractivity (Wildman–Crippen MR) is 73.0 cm³/mol. The van der Waals surface area contributed by atoms with E-state index in [0.29, 0.717) is 0 Å². The van der Waals surface area contributed by atoms with Gasteiger partial charge in [-0.25, -0.2) is 0 Å². The van der Waals surface area contributed by atoms with Gasteiger partial charge in [-0.1, -0.05) is 56.2 Å². The van der Waals surface area contributed by atoms with Gasteiger partial charge in [-0.2, -0.15) is 0 Å². The molecule has 0 amide bonds. The lowest BCUT2D eigenvalue weighted by molar-refractivity contribution is 0.0455. The SMILES string of the molecule is CCCCC(C)(O)c1ccc2ccccc2c1. The van der Waals surface area contributed by atoms with Crippen LogP contribution in [0.1, 0.15) is 38.7 Å². The zero-order chi connectivity index (χ0) is 12.3. The molecule has 0 aliphatic heterocycles. The molecule has 17 heavy (non-hydrogen) atoms. The number of hydrogen-bond donors (Lipinski definition) is 1. The Bertz CT molecular complexity index is 500. The number of rotatable bonds is 4. The summed E-state index contributed by atoms with van der Waals surface area (Å²) in [5, 5.41) is 12.9. The second-order valence-corrected chi connectivity index (χ2v) is 4.94. The summed E-state index contributed by atoms with van der Waals surface area (Å²) in [6.07, 6.45) is 2.99. The second kappa shape index (κ2) is 4.89. The van der Waals surface area contributed by atoms with E-state index in [1.165, 1.54) is 10.8 Å². The lowest BCUT2D eigenvalue weighted by atomic mass is 9.89. The van der Waals surface area contributed by atoms with E-state index in [4.69, 9.17) is 0 Å². The first-order valence-electron chi connectivity index (χ1n) is 6.35. The zero-order valence-electron chi connectivity index (χ0n) is 10.6. The normalized spacial score (nSPS) is 14.8. The van der Waals surface area contributed by atoms with Crippen molar-refractivity contribution in [1.29, 1.82) is 0 Å². The zero-order valence-corrected chi connectivity index (χ0v) is 10.6. The molecule has 1 heteroatoms. The summed E-state index contributed by atoms with van der Waals surface area (Å²) in [5.41, 5.74) is 0.310. The highest BCUT2D eigenvalue weighted by Crippen LogP contribution is 2.29. The Morgan fingerprint density at radius 2 is 1.76 bits per heavy atom. The first-order valence-corrected chi connectivity index (χ1v) is 6.35. The summed E-state index contributed by atoms with van der Waals surface area (Å²) in [6.45, 7) is 4.06. The van der Waals surface area contributed by atoms with Crippen molar-refractivity contribution in [1.82, 2.24) is 0 Å². The first kappa shape index (κ1) is 12.1. The lowest BCUT2D eigenvalue weighted by Gasteiger charge is -2.24. The predicted octanol–water partition coefficient (Wildman–Crippen LogP) is 4.24. The highest BCUT2D eigenvalue weighted by molar-refractivity contribution is 5.83. The summed E-state index contributed by atoms with van der Waals surface area (Å²) >= 11 is 0. The fourth-order valence-corrected chi connectivity index (χ4v) is 2.19. The molecule has 0 aromatic heterocycles. The molecule has 0 spiro atoms. The molecule has 0 aliphatic rings. The van der Waals surface area contributed by atoms with Crippen LogP contribution in [0.5, 0.6) is 0 Å². The molecule has 2 rings (SSSR count). The summed E-state index contributed by atoms with van der Waals surface area (Å²) in [5.74, 6) is 0. The molecule has 90 valence electrons. The van der Waals surface area contributed by atoms with Crippen LogP contribution in [0.15, 0.2) is 42.5 Å². The van der Waals surface area contributed by atoms with Crippen LogP contribution in [0.4, 0.5) is 0 Å². The molecular weight excluding hydrogens is 208 g/mol. The molecule has 0 bridgehead atoms. The molecule has 2 aromatic rings. The maximum atomic E-state index is 10.5. The van der Waals surface area contributed by atoms with Gasteiger partial charge in [0.25, 0.3) is 0 Å². The van der Waals surface area contributed by atoms with Crippen LogP contribution >= 0.6 is 0 Å². The van der Waals surface area contributed by atoms with Gasteiger partial charge in [0.1, 0.15) is 0 Å². The Kier molecular flexibility index (Phi) is 3.49. The van der Waals surface area contributed by atoms with E-state index in [2.05, 4.69) is 31.2 Å². The van der Waals surface area contributed by atoms with Crippen molar-refractivity contribution < 1.29 is 5.11 Å². The maximum Gasteiger partial charge on any atom is 0.0868 e. The number of benzene rings is 2. The minimum absolute atomic E-state index is 0.708. The molecule has 0 saturated carbocycles. The molecule has 1 nitrogen and oxygen atoms in total. The smallest absolute Gasteiger partial charge is 0.0868 e. The van der Waals surface area contributed by atoms with Crippen molar-refractivity contribution in [2.24, 2.45) is 0 Å². The topological polar surface area (TPSA) is 20.2 Å². The van der Waals surface area contributed by atoms with E-state index in [9.17, 15) is 5.11 Å². The van der Waals surface area contributed by atoms with E-state index >= 15 is 0 Å². The van der Waals surface area contributed by atoms with Crippen LogP contribution in [0.25, 0.3) is 10.8 Å². The lowest BCUT2D eigenvalue weighted by Crippen LogP contribution is -2.20. The molecule has 1 N–H and O–H groups in total. The average molecular weight is 228 g/mol. The van der Waals surface area contributed by atoms with Crippen LogP contribution in [-0.4, -0.2) is 5.11 Å². The standard InChI is InChI=1S/C16H20O/c1-3-4-11-16(2,17)15-10-9-13-7-5-6-8-14(13)12-15/h5-10,12,17H,3-4,11H2,1-2H3. The third-order valence-electron chi connectivity index (χ3n) is 3.39. The van der Waals surface area contributed by atoms with E-state index in [1.54, 1.807) is 0 Å². The van der Waals surface area contributed by atoms with Crippen LogP contribution < -0.4 is 0 Å². The highest BCUT2D eigenvalue weighted by atomic mass is 16.3. The Morgan fingerprint density at radius 1 is 1.06 bits per heavy atom. The summed E-state index contributed by atoms with van der Waals surface area (Å²) in [4.78, 5) is 0. The summed E-state index contributed by atoms with van der Waals surface area (Å²) in [7, 11) is 0. The summed E-state index contributed by atoms with van der Waals surface area (Å²) < 4.78 is 0. The average Bonchev–Trinajstić information content (AvgIpc) is 2.36. The quantitative estimate of drug-likeness (QED) is 0.830. The molecule has 2 aromatic carbocycles. The van der Waals surface area contributed by atoms with Crippen LogP contribution in [0.2, 0.25) is 0 Å². The Hall–Kier alpha value is -1.34. The fourth-order valence-electron chi connectivity index (χ4n) is 2.19. The van der Waals surface area contributed by atoms with Crippen LogP contribution in [0, 0.1) is 0 Å². The van der Waals surface area contributed by atoms with Gasteiger partial charge in [0.15, 0.2) is 0 Å². The van der Waals surface area contributed by atoms with E-state index in [1.807, 2.05) is 25.1 Å². The van der Waals surface area contributed by atoms with Crippen molar-refractivity contribution in [2.75, 3.05) is 0 Å². The van der Waals surface area contributed by atoms with Gasteiger partial charge in [0, 0.05) is 0 Å². The van der Waals surface area contributed by atoms with Crippen molar-refractivity contribution in [3.8, 4) is 0 Å². The van der Waals surface area contributed by atoms with Gasteiger partial charge in [-0.15, -0.1) is 0 Å². The minimum Gasteiger partial charge on any atom is -0.385 e. The molecule has 0 radical (unpaired) electrons. The molecule has 0 saturated heterocycles. The third-order valence-corrected chi connectivity index (χ3v) is 3.39. The largest absolute Gasteiger partial charge is 0.385 e. The molecule has 1 unspecified atom stereocenters. The van der Waals surface area contributed by atoms with E-state index in [0.717, 1.165) is 24.8 Å².